The predicted molar refractivity (Wildman–Crippen MR) is 51.9 cm³/mol. The zero-order chi connectivity index (χ0) is 9.71. The zero-order valence-electron chi connectivity index (χ0n) is 8.35. The number of hydrogen-bond donors (Lipinski definition) is 1. The fourth-order valence-corrected chi connectivity index (χ4v) is 3.46. The van der Waals surface area contributed by atoms with E-state index < -0.39 is 5.97 Å². The van der Waals surface area contributed by atoms with Gasteiger partial charge < -0.3 is 5.11 Å². The minimum absolute atomic E-state index is 0.0509. The van der Waals surface area contributed by atoms with Crippen LogP contribution in [-0.4, -0.2) is 35.1 Å². The normalized spacial score (nSPS) is 46.6. The van der Waals surface area contributed by atoms with Crippen molar-refractivity contribution in [1.29, 1.82) is 0 Å². The van der Waals surface area contributed by atoms with Crippen LogP contribution in [0.25, 0.3) is 0 Å². The Bertz CT molecular complexity index is 254. The van der Waals surface area contributed by atoms with Crippen LogP contribution in [0.15, 0.2) is 0 Å². The fraction of sp³-hybridized carbons (Fsp3) is 0.909. The van der Waals surface area contributed by atoms with E-state index in [0.717, 1.165) is 25.9 Å². The van der Waals surface area contributed by atoms with Crippen molar-refractivity contribution in [3.63, 3.8) is 0 Å². The Balaban J connectivity index is 1.87. The summed E-state index contributed by atoms with van der Waals surface area (Å²) in [6.07, 6.45) is 4.75. The van der Waals surface area contributed by atoms with E-state index in [1.807, 2.05) is 0 Å². The molecular weight excluding hydrogens is 178 g/mol. The van der Waals surface area contributed by atoms with Crippen molar-refractivity contribution < 1.29 is 9.90 Å². The monoisotopic (exact) mass is 195 g/mol. The molecule has 4 aliphatic rings. The van der Waals surface area contributed by atoms with Gasteiger partial charge >= 0.3 is 5.97 Å². The van der Waals surface area contributed by atoms with Crippen LogP contribution in [0, 0.1) is 17.8 Å². The van der Waals surface area contributed by atoms with Crippen LogP contribution >= 0.6 is 0 Å². The number of piperidine rings is 3. The van der Waals surface area contributed by atoms with E-state index in [9.17, 15) is 9.90 Å². The van der Waals surface area contributed by atoms with Crippen LogP contribution in [0.3, 0.4) is 0 Å². The fourth-order valence-electron chi connectivity index (χ4n) is 3.46. The largest absolute Gasteiger partial charge is 0.481 e. The van der Waals surface area contributed by atoms with Crippen molar-refractivity contribution in [2.45, 2.75) is 31.7 Å². The molecule has 2 atom stereocenters. The Morgan fingerprint density at radius 3 is 2.21 bits per heavy atom. The molecule has 0 aromatic carbocycles. The lowest BCUT2D eigenvalue weighted by atomic mass is 9.72. The Morgan fingerprint density at radius 2 is 1.71 bits per heavy atom. The average molecular weight is 195 g/mol. The van der Waals surface area contributed by atoms with Crippen LogP contribution in [0.1, 0.15) is 25.7 Å². The molecule has 0 aromatic heterocycles. The van der Waals surface area contributed by atoms with Gasteiger partial charge in [-0.05, 0) is 50.6 Å². The van der Waals surface area contributed by atoms with Gasteiger partial charge in [0.15, 0.2) is 0 Å². The van der Waals surface area contributed by atoms with Gasteiger partial charge in [0, 0.05) is 6.04 Å². The van der Waals surface area contributed by atoms with Crippen molar-refractivity contribution in [3.8, 4) is 0 Å². The molecule has 0 radical (unpaired) electrons. The molecule has 2 bridgehead atoms. The first kappa shape index (κ1) is 8.72. The molecule has 4 fully saturated rings. The van der Waals surface area contributed by atoms with Crippen molar-refractivity contribution in [1.82, 2.24) is 4.90 Å². The predicted octanol–water partition coefficient (Wildman–Crippen LogP) is 1.19. The van der Waals surface area contributed by atoms with Gasteiger partial charge in [-0.3, -0.25) is 9.69 Å². The maximum Gasteiger partial charge on any atom is 0.308 e. The molecule has 78 valence electrons. The number of carboxylic acids is 1. The van der Waals surface area contributed by atoms with E-state index in [2.05, 4.69) is 4.90 Å². The lowest BCUT2D eigenvalue weighted by molar-refractivity contribution is -0.153. The maximum absolute atomic E-state index is 11.3. The molecule has 0 amide bonds. The molecule has 0 spiro atoms. The van der Waals surface area contributed by atoms with E-state index in [1.165, 1.54) is 12.8 Å². The summed E-state index contributed by atoms with van der Waals surface area (Å²) in [6, 6.07) is 0.389. The van der Waals surface area contributed by atoms with Crippen molar-refractivity contribution in [3.05, 3.63) is 0 Å². The highest BCUT2D eigenvalue weighted by atomic mass is 16.4. The van der Waals surface area contributed by atoms with Gasteiger partial charge in [-0.1, -0.05) is 0 Å². The molecule has 3 heteroatoms. The third-order valence-electron chi connectivity index (χ3n) is 4.26. The lowest BCUT2D eigenvalue weighted by Crippen LogP contribution is -2.58. The molecule has 4 rings (SSSR count). The van der Waals surface area contributed by atoms with E-state index in [4.69, 9.17) is 0 Å². The van der Waals surface area contributed by atoms with Crippen LogP contribution in [-0.2, 0) is 4.79 Å². The Labute approximate surface area is 84.1 Å². The van der Waals surface area contributed by atoms with E-state index >= 15 is 0 Å². The first-order valence-electron chi connectivity index (χ1n) is 5.74. The third kappa shape index (κ3) is 1.18. The summed E-state index contributed by atoms with van der Waals surface area (Å²) in [5.74, 6) is 0.587. The smallest absolute Gasteiger partial charge is 0.308 e. The Hall–Kier alpha value is -0.570. The Kier molecular flexibility index (Phi) is 1.84. The third-order valence-corrected chi connectivity index (χ3v) is 4.26. The zero-order valence-corrected chi connectivity index (χ0v) is 8.35. The minimum atomic E-state index is -0.545. The van der Waals surface area contributed by atoms with Crippen molar-refractivity contribution in [2.24, 2.45) is 17.8 Å². The van der Waals surface area contributed by atoms with E-state index in [-0.39, 0.29) is 5.92 Å². The number of carbonyl (C=O) groups is 1. The van der Waals surface area contributed by atoms with Gasteiger partial charge in [0.1, 0.15) is 0 Å². The standard InChI is InChI=1S/C11H17NO2/c13-11(14)9-7-3-5-12(6-4-7)10(9)8-1-2-8/h7-10H,1-6H2,(H,13,14). The average Bonchev–Trinajstić information content (AvgIpc) is 3.01. The molecule has 0 aromatic rings. The topological polar surface area (TPSA) is 40.5 Å². The van der Waals surface area contributed by atoms with E-state index in [0.29, 0.717) is 17.9 Å². The minimum Gasteiger partial charge on any atom is -0.481 e. The molecule has 1 N–H and O–H groups in total. The number of fused-ring (bicyclic) bond motifs is 3. The summed E-state index contributed by atoms with van der Waals surface area (Å²) in [4.78, 5) is 13.7. The molecule has 1 aliphatic carbocycles. The summed E-state index contributed by atoms with van der Waals surface area (Å²) in [7, 11) is 0. The van der Waals surface area contributed by atoms with Crippen LogP contribution in [0.4, 0.5) is 0 Å². The molecular formula is C11H17NO2. The van der Waals surface area contributed by atoms with Crippen molar-refractivity contribution in [2.75, 3.05) is 13.1 Å². The first-order chi connectivity index (χ1) is 6.77. The molecule has 3 aliphatic heterocycles. The number of rotatable bonds is 2. The SMILES string of the molecule is O=C(O)C1C2CCN(CC2)C1C1CC1. The van der Waals surface area contributed by atoms with Gasteiger partial charge in [0.05, 0.1) is 5.92 Å². The van der Waals surface area contributed by atoms with Gasteiger partial charge in [-0.15, -0.1) is 0 Å². The molecule has 3 nitrogen and oxygen atoms in total. The van der Waals surface area contributed by atoms with Gasteiger partial charge in [-0.2, -0.15) is 0 Å². The molecule has 1 saturated carbocycles. The highest BCUT2D eigenvalue weighted by Crippen LogP contribution is 2.47. The van der Waals surface area contributed by atoms with Crippen molar-refractivity contribution >= 4 is 5.97 Å². The van der Waals surface area contributed by atoms with Crippen LogP contribution in [0.2, 0.25) is 0 Å². The molecule has 3 saturated heterocycles. The summed E-state index contributed by atoms with van der Waals surface area (Å²) < 4.78 is 0. The molecule has 3 heterocycles. The second-order valence-corrected chi connectivity index (χ2v) is 5.07. The van der Waals surface area contributed by atoms with Crippen LogP contribution < -0.4 is 0 Å². The highest BCUT2D eigenvalue weighted by molar-refractivity contribution is 5.72. The first-order valence-corrected chi connectivity index (χ1v) is 5.74. The van der Waals surface area contributed by atoms with E-state index in [1.54, 1.807) is 0 Å². The number of carboxylic acid groups (broad SMARTS) is 1. The summed E-state index contributed by atoms with van der Waals surface area (Å²) in [6.45, 7) is 2.30. The van der Waals surface area contributed by atoms with Gasteiger partial charge in [0.2, 0.25) is 0 Å². The molecule has 14 heavy (non-hydrogen) atoms. The quantitative estimate of drug-likeness (QED) is 0.719. The molecule has 2 unspecified atom stereocenters. The highest BCUT2D eigenvalue weighted by Gasteiger charge is 2.51. The van der Waals surface area contributed by atoms with Crippen LogP contribution in [0.5, 0.6) is 0 Å². The lowest BCUT2D eigenvalue weighted by Gasteiger charge is -2.49. The summed E-state index contributed by atoms with van der Waals surface area (Å²) >= 11 is 0. The second-order valence-electron chi connectivity index (χ2n) is 5.07. The van der Waals surface area contributed by atoms with Gasteiger partial charge in [0.25, 0.3) is 0 Å². The number of nitrogens with zero attached hydrogens (tertiary/aromatic N) is 1. The number of hydrogen-bond acceptors (Lipinski definition) is 2. The summed E-state index contributed by atoms with van der Waals surface area (Å²) in [5.41, 5.74) is 0. The second kappa shape index (κ2) is 2.96. The summed E-state index contributed by atoms with van der Waals surface area (Å²) in [5, 5.41) is 9.28. The maximum atomic E-state index is 11.3. The van der Waals surface area contributed by atoms with Gasteiger partial charge in [-0.25, -0.2) is 0 Å². The number of aliphatic carboxylic acids is 1. The Morgan fingerprint density at radius 1 is 1.07 bits per heavy atom.